The first kappa shape index (κ1) is 16.3. The Balaban J connectivity index is 2.18. The van der Waals surface area contributed by atoms with Crippen LogP contribution in [0.5, 0.6) is 5.75 Å². The number of aryl methyl sites for hydroxylation is 1. The van der Waals surface area contributed by atoms with Crippen LogP contribution in [0, 0.1) is 6.92 Å². The summed E-state index contributed by atoms with van der Waals surface area (Å²) in [5, 5.41) is 11.6. The van der Waals surface area contributed by atoms with Gasteiger partial charge >= 0.3 is 0 Å². The van der Waals surface area contributed by atoms with Gasteiger partial charge < -0.3 is 5.11 Å². The second-order valence-electron chi connectivity index (χ2n) is 5.66. The molecule has 1 N–H and O–H groups in total. The summed E-state index contributed by atoms with van der Waals surface area (Å²) < 4.78 is 0. The third-order valence-corrected chi connectivity index (χ3v) is 4.85. The summed E-state index contributed by atoms with van der Waals surface area (Å²) in [6, 6.07) is 26.4. The Morgan fingerprint density at radius 3 is 2.21 bits per heavy atom. The minimum atomic E-state index is 0.304. The average Bonchev–Trinajstić information content (AvgIpc) is 2.69. The summed E-state index contributed by atoms with van der Waals surface area (Å²) >= 11 is 1.75. The van der Waals surface area contributed by atoms with Gasteiger partial charge in [0, 0.05) is 4.88 Å². The number of benzene rings is 2. The van der Waals surface area contributed by atoms with Crippen LogP contribution in [0.25, 0.3) is 11.1 Å². The largest absolute Gasteiger partial charge is 0.508 e. The lowest BCUT2D eigenvalue weighted by atomic mass is 9.96. The summed E-state index contributed by atoms with van der Waals surface area (Å²) in [6.45, 7) is 2.17. The second kappa shape index (κ2) is 7.80. The fourth-order valence-corrected chi connectivity index (χ4v) is 3.39. The molecule has 0 aliphatic rings. The predicted molar refractivity (Wildman–Crippen MR) is 103 cm³/mol. The van der Waals surface area contributed by atoms with Crippen molar-refractivity contribution in [1.29, 1.82) is 0 Å². The van der Waals surface area contributed by atoms with Gasteiger partial charge in [-0.15, -0.1) is 11.3 Å². The third-order valence-electron chi connectivity index (χ3n) is 3.96. The van der Waals surface area contributed by atoms with Crippen molar-refractivity contribution in [1.82, 2.24) is 0 Å². The van der Waals surface area contributed by atoms with Crippen molar-refractivity contribution in [2.24, 2.45) is 0 Å². The van der Waals surface area contributed by atoms with Crippen molar-refractivity contribution >= 4 is 11.3 Å². The molecule has 0 bridgehead atoms. The van der Waals surface area contributed by atoms with Crippen LogP contribution in [0.4, 0.5) is 0 Å². The van der Waals surface area contributed by atoms with Crippen molar-refractivity contribution in [3.8, 4) is 16.9 Å². The molecule has 1 aromatic heterocycles. The first-order valence-electron chi connectivity index (χ1n) is 7.97. The van der Waals surface area contributed by atoms with Crippen LogP contribution in [0.15, 0.2) is 84.2 Å². The SMILES string of the molecule is Cc1scccccc(-c2ccccc2)c1Cc1ccc(O)cc1. The maximum atomic E-state index is 9.52. The van der Waals surface area contributed by atoms with Gasteiger partial charge in [0.15, 0.2) is 0 Å². The number of hydrogen-bond acceptors (Lipinski definition) is 2. The predicted octanol–water partition coefficient (Wildman–Crippen LogP) is 6.14. The molecule has 0 saturated heterocycles. The van der Waals surface area contributed by atoms with Crippen molar-refractivity contribution in [3.63, 3.8) is 0 Å². The van der Waals surface area contributed by atoms with Crippen LogP contribution in [0.2, 0.25) is 0 Å². The monoisotopic (exact) mass is 332 g/mol. The molecule has 0 aliphatic carbocycles. The van der Waals surface area contributed by atoms with E-state index in [9.17, 15) is 5.11 Å². The maximum absolute atomic E-state index is 9.52. The van der Waals surface area contributed by atoms with Crippen LogP contribution in [0.1, 0.15) is 16.0 Å². The van der Waals surface area contributed by atoms with E-state index in [0.29, 0.717) is 5.75 Å². The Bertz CT molecular complexity index is 847. The number of aromatic hydroxyl groups is 1. The van der Waals surface area contributed by atoms with E-state index < -0.39 is 0 Å². The van der Waals surface area contributed by atoms with E-state index in [0.717, 1.165) is 6.42 Å². The van der Waals surface area contributed by atoms with Crippen LogP contribution >= 0.6 is 11.3 Å². The van der Waals surface area contributed by atoms with Gasteiger partial charge in [0.25, 0.3) is 0 Å². The summed E-state index contributed by atoms with van der Waals surface area (Å²) in [5.41, 5.74) is 4.97. The Kier molecular flexibility index (Phi) is 5.29. The highest BCUT2D eigenvalue weighted by Crippen LogP contribution is 2.28. The summed E-state index contributed by atoms with van der Waals surface area (Å²) in [7, 11) is 0. The molecule has 1 heterocycles. The summed E-state index contributed by atoms with van der Waals surface area (Å²) in [5.74, 6) is 0.304. The minimum Gasteiger partial charge on any atom is -0.508 e. The first-order chi connectivity index (χ1) is 11.7. The zero-order valence-electron chi connectivity index (χ0n) is 13.6. The molecule has 1 nitrogen and oxygen atoms in total. The smallest absolute Gasteiger partial charge is 0.115 e. The van der Waals surface area contributed by atoms with E-state index in [-0.39, 0.29) is 0 Å². The molecule has 120 valence electrons. The molecule has 0 amide bonds. The molecule has 0 atom stereocenters. The van der Waals surface area contributed by atoms with Crippen LogP contribution in [0.3, 0.4) is 0 Å². The van der Waals surface area contributed by atoms with Gasteiger partial charge in [-0.05, 0) is 53.1 Å². The highest BCUT2D eigenvalue weighted by Gasteiger charge is 2.07. The molecule has 2 aromatic carbocycles. The van der Waals surface area contributed by atoms with Crippen molar-refractivity contribution in [3.05, 3.63) is 100 Å². The fourth-order valence-electron chi connectivity index (χ4n) is 2.69. The van der Waals surface area contributed by atoms with Crippen LogP contribution in [-0.4, -0.2) is 5.11 Å². The topological polar surface area (TPSA) is 20.2 Å². The van der Waals surface area contributed by atoms with Gasteiger partial charge in [0.05, 0.1) is 0 Å². The van der Waals surface area contributed by atoms with E-state index in [1.54, 1.807) is 23.5 Å². The Labute approximate surface area is 147 Å². The Hall–Kier alpha value is -2.58. The highest BCUT2D eigenvalue weighted by atomic mass is 32.1. The molecule has 0 saturated carbocycles. The normalized spacial score (nSPS) is 10.2. The zero-order chi connectivity index (χ0) is 16.8. The zero-order valence-corrected chi connectivity index (χ0v) is 14.5. The first-order valence-corrected chi connectivity index (χ1v) is 8.85. The van der Waals surface area contributed by atoms with Gasteiger partial charge in [0.2, 0.25) is 0 Å². The lowest BCUT2D eigenvalue weighted by Gasteiger charge is -2.11. The Morgan fingerprint density at radius 2 is 1.46 bits per heavy atom. The molecule has 3 aromatic rings. The van der Waals surface area contributed by atoms with Gasteiger partial charge in [-0.25, -0.2) is 0 Å². The number of phenolic OH excluding ortho intramolecular Hbond substituents is 1. The van der Waals surface area contributed by atoms with Gasteiger partial charge in [0.1, 0.15) is 5.75 Å². The molecule has 3 rings (SSSR count). The molecule has 0 spiro atoms. The quantitative estimate of drug-likeness (QED) is 0.610. The van der Waals surface area contributed by atoms with Gasteiger partial charge in [-0.1, -0.05) is 66.7 Å². The summed E-state index contributed by atoms with van der Waals surface area (Å²) in [6.07, 6.45) is 0.835. The molecule has 0 unspecified atom stereocenters. The Morgan fingerprint density at radius 1 is 0.792 bits per heavy atom. The minimum absolute atomic E-state index is 0.304. The van der Waals surface area contributed by atoms with Crippen molar-refractivity contribution in [2.45, 2.75) is 13.3 Å². The number of rotatable bonds is 3. The van der Waals surface area contributed by atoms with E-state index >= 15 is 0 Å². The standard InChI is InChI=1S/C22H20OS/c1-17-22(16-18-11-13-20(23)14-12-18)21(10-6-3-7-15-24-17)19-8-4-2-5-9-19/h2-15,23H,16H2,1H3. The molecule has 0 fully saturated rings. The molecule has 0 aliphatic heterocycles. The van der Waals surface area contributed by atoms with Crippen molar-refractivity contribution in [2.75, 3.05) is 0 Å². The number of phenols is 1. The highest BCUT2D eigenvalue weighted by molar-refractivity contribution is 7.09. The maximum Gasteiger partial charge on any atom is 0.115 e. The van der Waals surface area contributed by atoms with E-state index in [4.69, 9.17) is 0 Å². The van der Waals surface area contributed by atoms with E-state index in [1.807, 2.05) is 18.2 Å². The second-order valence-corrected chi connectivity index (χ2v) is 6.78. The lowest BCUT2D eigenvalue weighted by molar-refractivity contribution is 0.475. The van der Waals surface area contributed by atoms with Gasteiger partial charge in [-0.3, -0.25) is 0 Å². The number of hydrogen-bond donors (Lipinski definition) is 1. The van der Waals surface area contributed by atoms with Crippen LogP contribution in [-0.2, 0) is 6.42 Å². The van der Waals surface area contributed by atoms with Crippen molar-refractivity contribution < 1.29 is 5.11 Å². The summed E-state index contributed by atoms with van der Waals surface area (Å²) in [4.78, 5) is 1.29. The van der Waals surface area contributed by atoms with E-state index in [1.165, 1.54) is 27.1 Å². The molecular weight excluding hydrogens is 312 g/mol. The molecule has 2 heteroatoms. The van der Waals surface area contributed by atoms with E-state index in [2.05, 4.69) is 60.8 Å². The third kappa shape index (κ3) is 4.03. The molecule has 24 heavy (non-hydrogen) atoms. The molecular formula is C22H20OS. The molecule has 0 radical (unpaired) electrons. The van der Waals surface area contributed by atoms with Gasteiger partial charge in [-0.2, -0.15) is 0 Å². The lowest BCUT2D eigenvalue weighted by Crippen LogP contribution is -1.93. The average molecular weight is 332 g/mol. The van der Waals surface area contributed by atoms with Crippen LogP contribution < -0.4 is 0 Å². The fraction of sp³-hybridized carbons (Fsp3) is 0.0909.